The summed E-state index contributed by atoms with van der Waals surface area (Å²) in [5, 5.41) is 12.2. The van der Waals surface area contributed by atoms with Crippen molar-refractivity contribution < 1.29 is 8.78 Å². The molecule has 0 saturated carbocycles. The summed E-state index contributed by atoms with van der Waals surface area (Å²) in [5.74, 6) is 0. The molecule has 2 rings (SSSR count). The highest BCUT2D eigenvalue weighted by molar-refractivity contribution is 5.47. The molecule has 2 aromatic carbocycles. The van der Waals surface area contributed by atoms with Crippen LogP contribution in [-0.4, -0.2) is 0 Å². The minimum absolute atomic E-state index is 0.0763. The molecule has 0 fully saturated rings. The minimum atomic E-state index is -2.53. The molecule has 1 unspecified atom stereocenters. The van der Waals surface area contributed by atoms with Gasteiger partial charge >= 0.3 is 0 Å². The molecule has 2 aromatic rings. The van der Waals surface area contributed by atoms with Crippen molar-refractivity contribution in [2.24, 2.45) is 0 Å². The third kappa shape index (κ3) is 3.29. The average Bonchev–Trinajstić information content (AvgIpc) is 2.46. The Morgan fingerprint density at radius 2 is 1.63 bits per heavy atom. The number of benzene rings is 2. The van der Waals surface area contributed by atoms with E-state index < -0.39 is 12.5 Å². The lowest BCUT2D eigenvalue weighted by molar-refractivity contribution is 0.151. The Kier molecular flexibility index (Phi) is 4.09. The van der Waals surface area contributed by atoms with E-state index in [1.165, 1.54) is 18.2 Å². The van der Waals surface area contributed by atoms with Gasteiger partial charge < -0.3 is 5.32 Å². The monoisotopic (exact) mass is 258 g/mol. The first-order valence-corrected chi connectivity index (χ1v) is 5.80. The number of nitriles is 1. The third-order valence-corrected chi connectivity index (χ3v) is 2.71. The highest BCUT2D eigenvalue weighted by Crippen LogP contribution is 2.24. The Bertz CT molecular complexity index is 576. The van der Waals surface area contributed by atoms with Gasteiger partial charge in [-0.25, -0.2) is 8.78 Å². The molecule has 0 heterocycles. The van der Waals surface area contributed by atoms with E-state index in [9.17, 15) is 14.0 Å². The molecule has 19 heavy (non-hydrogen) atoms. The average molecular weight is 258 g/mol. The number of anilines is 1. The molecular formula is C15H12F2N2. The number of hydrogen-bond donors (Lipinski definition) is 1. The van der Waals surface area contributed by atoms with Crippen LogP contribution in [0.2, 0.25) is 0 Å². The maximum atomic E-state index is 12.6. The van der Waals surface area contributed by atoms with E-state index >= 15 is 0 Å². The van der Waals surface area contributed by atoms with Gasteiger partial charge in [-0.15, -0.1) is 0 Å². The normalized spacial score (nSPS) is 11.9. The first-order chi connectivity index (χ1) is 9.20. The van der Waals surface area contributed by atoms with E-state index in [1.807, 2.05) is 30.3 Å². The molecule has 0 saturated heterocycles. The fourth-order valence-electron chi connectivity index (χ4n) is 1.77. The van der Waals surface area contributed by atoms with Crippen molar-refractivity contribution in [3.8, 4) is 6.07 Å². The number of halogens is 2. The standard InChI is InChI=1S/C15H12F2N2/c16-15(17)12-6-4-5-11(9-12)14(10-18)19-13-7-2-1-3-8-13/h1-9,14-15,19H. The molecule has 1 N–H and O–H groups in total. The lowest BCUT2D eigenvalue weighted by atomic mass is 10.0. The summed E-state index contributed by atoms with van der Waals surface area (Å²) in [6.45, 7) is 0. The van der Waals surface area contributed by atoms with Crippen LogP contribution in [0.1, 0.15) is 23.6 Å². The fourth-order valence-corrected chi connectivity index (χ4v) is 1.77. The zero-order chi connectivity index (χ0) is 13.7. The number of alkyl halides is 2. The van der Waals surface area contributed by atoms with Crippen LogP contribution in [0.3, 0.4) is 0 Å². The van der Waals surface area contributed by atoms with Crippen molar-refractivity contribution in [1.29, 1.82) is 5.26 Å². The molecule has 0 spiro atoms. The highest BCUT2D eigenvalue weighted by atomic mass is 19.3. The van der Waals surface area contributed by atoms with E-state index in [2.05, 4.69) is 11.4 Å². The molecule has 0 bridgehead atoms. The number of hydrogen-bond acceptors (Lipinski definition) is 2. The maximum Gasteiger partial charge on any atom is 0.263 e. The highest BCUT2D eigenvalue weighted by Gasteiger charge is 2.13. The molecule has 1 atom stereocenters. The summed E-state index contributed by atoms with van der Waals surface area (Å²) in [7, 11) is 0. The number of nitrogens with one attached hydrogen (secondary N) is 1. The van der Waals surface area contributed by atoms with Crippen LogP contribution >= 0.6 is 0 Å². The zero-order valence-corrected chi connectivity index (χ0v) is 10.1. The largest absolute Gasteiger partial charge is 0.366 e. The van der Waals surface area contributed by atoms with Crippen LogP contribution in [0, 0.1) is 11.3 Å². The Labute approximate surface area is 110 Å². The molecule has 0 amide bonds. The van der Waals surface area contributed by atoms with Crippen molar-refractivity contribution in [2.75, 3.05) is 5.32 Å². The maximum absolute atomic E-state index is 12.6. The lowest BCUT2D eigenvalue weighted by Crippen LogP contribution is -2.08. The quantitative estimate of drug-likeness (QED) is 0.887. The van der Waals surface area contributed by atoms with Crippen LogP contribution < -0.4 is 5.32 Å². The van der Waals surface area contributed by atoms with Crippen LogP contribution in [-0.2, 0) is 0 Å². The molecule has 0 aliphatic rings. The smallest absolute Gasteiger partial charge is 0.263 e. The van der Waals surface area contributed by atoms with E-state index in [-0.39, 0.29) is 5.56 Å². The van der Waals surface area contributed by atoms with Gasteiger partial charge in [-0.05, 0) is 23.8 Å². The van der Waals surface area contributed by atoms with Gasteiger partial charge in [-0.3, -0.25) is 0 Å². The molecule has 96 valence electrons. The van der Waals surface area contributed by atoms with Crippen LogP contribution in [0.25, 0.3) is 0 Å². The number of para-hydroxylation sites is 1. The summed E-state index contributed by atoms with van der Waals surface area (Å²) in [5.41, 5.74) is 1.23. The third-order valence-electron chi connectivity index (χ3n) is 2.71. The molecule has 0 radical (unpaired) electrons. The van der Waals surface area contributed by atoms with Gasteiger partial charge in [-0.2, -0.15) is 5.26 Å². The van der Waals surface area contributed by atoms with Crippen molar-refractivity contribution in [2.45, 2.75) is 12.5 Å². The molecule has 0 aromatic heterocycles. The van der Waals surface area contributed by atoms with Gasteiger partial charge in [-0.1, -0.05) is 36.4 Å². The molecular weight excluding hydrogens is 246 g/mol. The van der Waals surface area contributed by atoms with Gasteiger partial charge in [0.2, 0.25) is 0 Å². The Morgan fingerprint density at radius 3 is 2.26 bits per heavy atom. The zero-order valence-electron chi connectivity index (χ0n) is 10.1. The number of nitrogens with zero attached hydrogens (tertiary/aromatic N) is 1. The van der Waals surface area contributed by atoms with Gasteiger partial charge in [0, 0.05) is 11.3 Å². The summed E-state index contributed by atoms with van der Waals surface area (Å²) in [4.78, 5) is 0. The van der Waals surface area contributed by atoms with Crippen LogP contribution in [0.15, 0.2) is 54.6 Å². The topological polar surface area (TPSA) is 35.8 Å². The van der Waals surface area contributed by atoms with Crippen molar-refractivity contribution in [1.82, 2.24) is 0 Å². The van der Waals surface area contributed by atoms with Gasteiger partial charge in [0.1, 0.15) is 6.04 Å². The second-order valence-electron chi connectivity index (χ2n) is 4.04. The van der Waals surface area contributed by atoms with Crippen molar-refractivity contribution in [3.63, 3.8) is 0 Å². The predicted octanol–water partition coefficient (Wildman–Crippen LogP) is 4.30. The fraction of sp³-hybridized carbons (Fsp3) is 0.133. The Morgan fingerprint density at radius 1 is 0.947 bits per heavy atom. The second-order valence-corrected chi connectivity index (χ2v) is 4.04. The summed E-state index contributed by atoms with van der Waals surface area (Å²) >= 11 is 0. The number of rotatable bonds is 4. The van der Waals surface area contributed by atoms with Crippen molar-refractivity contribution >= 4 is 5.69 Å². The Balaban J connectivity index is 2.23. The first-order valence-electron chi connectivity index (χ1n) is 5.80. The minimum Gasteiger partial charge on any atom is -0.366 e. The molecule has 0 aliphatic carbocycles. The molecule has 4 heteroatoms. The van der Waals surface area contributed by atoms with Gasteiger partial charge in [0.05, 0.1) is 6.07 Å². The summed E-state index contributed by atoms with van der Waals surface area (Å²) < 4.78 is 25.3. The van der Waals surface area contributed by atoms with Gasteiger partial charge in [0.15, 0.2) is 0 Å². The van der Waals surface area contributed by atoms with E-state index in [4.69, 9.17) is 0 Å². The van der Waals surface area contributed by atoms with Crippen molar-refractivity contribution in [3.05, 3.63) is 65.7 Å². The van der Waals surface area contributed by atoms with E-state index in [0.29, 0.717) is 5.56 Å². The second kappa shape index (κ2) is 5.96. The first kappa shape index (κ1) is 13.0. The van der Waals surface area contributed by atoms with Crippen LogP contribution in [0.5, 0.6) is 0 Å². The SMILES string of the molecule is N#CC(Nc1ccccc1)c1cccc(C(F)F)c1. The summed E-state index contributed by atoms with van der Waals surface area (Å²) in [6, 6.07) is 16.5. The van der Waals surface area contributed by atoms with Gasteiger partial charge in [0.25, 0.3) is 6.43 Å². The predicted molar refractivity (Wildman–Crippen MR) is 69.8 cm³/mol. The molecule has 0 aliphatic heterocycles. The van der Waals surface area contributed by atoms with Crippen LogP contribution in [0.4, 0.5) is 14.5 Å². The molecule has 2 nitrogen and oxygen atoms in total. The van der Waals surface area contributed by atoms with E-state index in [1.54, 1.807) is 6.07 Å². The summed E-state index contributed by atoms with van der Waals surface area (Å²) in [6.07, 6.45) is -2.53. The lowest BCUT2D eigenvalue weighted by Gasteiger charge is -2.14. The Hall–Kier alpha value is -2.41. The van der Waals surface area contributed by atoms with E-state index in [0.717, 1.165) is 5.69 Å².